The van der Waals surface area contributed by atoms with E-state index in [0.717, 1.165) is 12.2 Å². The van der Waals surface area contributed by atoms with Gasteiger partial charge in [-0.3, -0.25) is 4.79 Å². The predicted molar refractivity (Wildman–Crippen MR) is 103 cm³/mol. The van der Waals surface area contributed by atoms with Crippen molar-refractivity contribution in [1.82, 2.24) is 15.1 Å². The van der Waals surface area contributed by atoms with Gasteiger partial charge in [0, 0.05) is 32.2 Å². The molecule has 1 saturated heterocycles. The highest BCUT2D eigenvalue weighted by atomic mass is 16.5. The van der Waals surface area contributed by atoms with Crippen molar-refractivity contribution in [2.75, 3.05) is 37.7 Å². The van der Waals surface area contributed by atoms with Crippen molar-refractivity contribution in [2.45, 2.75) is 26.4 Å². The van der Waals surface area contributed by atoms with Gasteiger partial charge in [-0.2, -0.15) is 0 Å². The van der Waals surface area contributed by atoms with Crippen molar-refractivity contribution in [2.24, 2.45) is 0 Å². The SMILES string of the molecule is CCCOc1ccc(N2CCN(C(=O)[C@H](C)Oc3ccccc3)CC2)nn1. The fourth-order valence-electron chi connectivity index (χ4n) is 2.93. The smallest absolute Gasteiger partial charge is 0.263 e. The van der Waals surface area contributed by atoms with E-state index >= 15 is 0 Å². The minimum Gasteiger partial charge on any atom is -0.481 e. The van der Waals surface area contributed by atoms with Crippen LogP contribution in [-0.4, -0.2) is 59.9 Å². The van der Waals surface area contributed by atoms with Gasteiger partial charge in [-0.25, -0.2) is 0 Å². The zero-order valence-electron chi connectivity index (χ0n) is 15.9. The minimum atomic E-state index is -0.506. The number of benzene rings is 1. The first-order valence-electron chi connectivity index (χ1n) is 9.39. The second-order valence-corrected chi connectivity index (χ2v) is 6.46. The lowest BCUT2D eigenvalue weighted by molar-refractivity contribution is -0.138. The Morgan fingerprint density at radius 3 is 2.44 bits per heavy atom. The number of ether oxygens (including phenoxy) is 2. The van der Waals surface area contributed by atoms with Gasteiger partial charge in [-0.1, -0.05) is 25.1 Å². The molecule has 1 amide bonds. The molecule has 1 aromatic heterocycles. The van der Waals surface area contributed by atoms with Crippen molar-refractivity contribution in [3.63, 3.8) is 0 Å². The molecule has 0 unspecified atom stereocenters. The van der Waals surface area contributed by atoms with Crippen molar-refractivity contribution >= 4 is 11.7 Å². The number of amides is 1. The maximum Gasteiger partial charge on any atom is 0.263 e. The molecule has 0 radical (unpaired) electrons. The summed E-state index contributed by atoms with van der Waals surface area (Å²) in [6, 6.07) is 13.2. The van der Waals surface area contributed by atoms with Crippen LogP contribution in [0.25, 0.3) is 0 Å². The predicted octanol–water partition coefficient (Wildman–Crippen LogP) is 2.38. The number of carbonyl (C=O) groups is 1. The number of para-hydroxylation sites is 1. The maximum absolute atomic E-state index is 12.6. The lowest BCUT2D eigenvalue weighted by Crippen LogP contribution is -2.52. The second-order valence-electron chi connectivity index (χ2n) is 6.46. The van der Waals surface area contributed by atoms with E-state index in [2.05, 4.69) is 15.1 Å². The third-order valence-electron chi connectivity index (χ3n) is 4.40. The third kappa shape index (κ3) is 5.09. The Balaban J connectivity index is 1.50. The van der Waals surface area contributed by atoms with E-state index in [-0.39, 0.29) is 5.91 Å². The van der Waals surface area contributed by atoms with E-state index in [1.807, 2.05) is 54.3 Å². The molecular formula is C20H26N4O3. The van der Waals surface area contributed by atoms with Crippen LogP contribution in [0.1, 0.15) is 20.3 Å². The number of nitrogens with zero attached hydrogens (tertiary/aromatic N) is 4. The molecule has 0 N–H and O–H groups in total. The average molecular weight is 370 g/mol. The van der Waals surface area contributed by atoms with E-state index in [4.69, 9.17) is 9.47 Å². The summed E-state index contributed by atoms with van der Waals surface area (Å²) in [7, 11) is 0. The van der Waals surface area contributed by atoms with Crippen LogP contribution in [0.15, 0.2) is 42.5 Å². The zero-order valence-corrected chi connectivity index (χ0v) is 15.9. The first-order valence-corrected chi connectivity index (χ1v) is 9.39. The van der Waals surface area contributed by atoms with Gasteiger partial charge in [0.2, 0.25) is 5.88 Å². The molecule has 27 heavy (non-hydrogen) atoms. The van der Waals surface area contributed by atoms with Crippen LogP contribution in [-0.2, 0) is 4.79 Å². The van der Waals surface area contributed by atoms with E-state index in [1.165, 1.54) is 0 Å². The molecule has 144 valence electrons. The minimum absolute atomic E-state index is 0.00732. The van der Waals surface area contributed by atoms with Gasteiger partial charge in [0.15, 0.2) is 11.9 Å². The molecule has 1 fully saturated rings. The van der Waals surface area contributed by atoms with Crippen LogP contribution in [0.4, 0.5) is 5.82 Å². The maximum atomic E-state index is 12.6. The Hall–Kier alpha value is -2.83. The molecule has 1 aliphatic heterocycles. The normalized spacial score (nSPS) is 15.3. The summed E-state index contributed by atoms with van der Waals surface area (Å²) in [6.07, 6.45) is 0.431. The Labute approximate surface area is 159 Å². The van der Waals surface area contributed by atoms with Crippen molar-refractivity contribution in [1.29, 1.82) is 0 Å². The van der Waals surface area contributed by atoms with Crippen LogP contribution in [0.3, 0.4) is 0 Å². The van der Waals surface area contributed by atoms with Crippen LogP contribution < -0.4 is 14.4 Å². The first kappa shape index (κ1) is 18.9. The van der Waals surface area contributed by atoms with E-state index in [9.17, 15) is 4.79 Å². The van der Waals surface area contributed by atoms with Gasteiger partial charge in [0.05, 0.1) is 6.61 Å². The molecule has 2 aromatic rings. The lowest BCUT2D eigenvalue weighted by Gasteiger charge is -2.36. The number of piperazine rings is 1. The van der Waals surface area contributed by atoms with E-state index < -0.39 is 6.10 Å². The molecular weight excluding hydrogens is 344 g/mol. The highest BCUT2D eigenvalue weighted by Crippen LogP contribution is 2.17. The van der Waals surface area contributed by atoms with E-state index in [1.54, 1.807) is 6.92 Å². The molecule has 1 aliphatic rings. The number of hydrogen-bond acceptors (Lipinski definition) is 6. The van der Waals surface area contributed by atoms with Crippen molar-refractivity contribution in [3.8, 4) is 11.6 Å². The molecule has 3 rings (SSSR count). The summed E-state index contributed by atoms with van der Waals surface area (Å²) >= 11 is 0. The van der Waals surface area contributed by atoms with Gasteiger partial charge < -0.3 is 19.3 Å². The topological polar surface area (TPSA) is 67.8 Å². The number of hydrogen-bond donors (Lipinski definition) is 0. The fraction of sp³-hybridized carbons (Fsp3) is 0.450. The zero-order chi connectivity index (χ0) is 19.1. The molecule has 0 aliphatic carbocycles. The highest BCUT2D eigenvalue weighted by molar-refractivity contribution is 5.81. The standard InChI is InChI=1S/C20H26N4O3/c1-3-15-26-19-10-9-18(21-22-19)23-11-13-24(14-12-23)20(25)16(2)27-17-7-5-4-6-8-17/h4-10,16H,3,11-15H2,1-2H3/t16-/m0/s1. The summed E-state index contributed by atoms with van der Waals surface area (Å²) in [5.74, 6) is 2.06. The van der Waals surface area contributed by atoms with Crippen LogP contribution in [0.5, 0.6) is 11.6 Å². The second kappa shape index (κ2) is 9.21. The summed E-state index contributed by atoms with van der Waals surface area (Å²) in [4.78, 5) is 16.6. The Morgan fingerprint density at radius 1 is 1.07 bits per heavy atom. The molecule has 7 heteroatoms. The molecule has 0 saturated carbocycles. The molecule has 1 aromatic carbocycles. The van der Waals surface area contributed by atoms with Crippen LogP contribution in [0.2, 0.25) is 0 Å². The van der Waals surface area contributed by atoms with Gasteiger partial charge in [-0.15, -0.1) is 10.2 Å². The van der Waals surface area contributed by atoms with Crippen LogP contribution in [0, 0.1) is 0 Å². The number of carbonyl (C=O) groups excluding carboxylic acids is 1. The van der Waals surface area contributed by atoms with Crippen LogP contribution >= 0.6 is 0 Å². The summed E-state index contributed by atoms with van der Waals surface area (Å²) in [6.45, 7) is 7.18. The van der Waals surface area contributed by atoms with Crippen molar-refractivity contribution < 1.29 is 14.3 Å². The van der Waals surface area contributed by atoms with Crippen molar-refractivity contribution in [3.05, 3.63) is 42.5 Å². The number of aromatic nitrogens is 2. The fourth-order valence-corrected chi connectivity index (χ4v) is 2.93. The molecule has 7 nitrogen and oxygen atoms in total. The Morgan fingerprint density at radius 2 is 1.81 bits per heavy atom. The quantitative estimate of drug-likeness (QED) is 0.745. The number of anilines is 1. The summed E-state index contributed by atoms with van der Waals surface area (Å²) in [5.41, 5.74) is 0. The van der Waals surface area contributed by atoms with Gasteiger partial charge in [0.25, 0.3) is 5.91 Å². The Bertz CT molecular complexity index is 716. The number of rotatable bonds is 7. The average Bonchev–Trinajstić information content (AvgIpc) is 2.73. The molecule has 0 bridgehead atoms. The first-order chi connectivity index (χ1) is 13.2. The molecule has 2 heterocycles. The largest absolute Gasteiger partial charge is 0.481 e. The van der Waals surface area contributed by atoms with Gasteiger partial charge in [0.1, 0.15) is 5.75 Å². The highest BCUT2D eigenvalue weighted by Gasteiger charge is 2.26. The monoisotopic (exact) mass is 370 g/mol. The van der Waals surface area contributed by atoms with E-state index in [0.29, 0.717) is 44.4 Å². The molecule has 0 spiro atoms. The third-order valence-corrected chi connectivity index (χ3v) is 4.40. The van der Waals surface area contributed by atoms with Gasteiger partial charge in [-0.05, 0) is 31.5 Å². The summed E-state index contributed by atoms with van der Waals surface area (Å²) in [5, 5.41) is 8.35. The molecule has 1 atom stereocenters. The summed E-state index contributed by atoms with van der Waals surface area (Å²) < 4.78 is 11.2. The lowest BCUT2D eigenvalue weighted by atomic mass is 10.2. The Kier molecular flexibility index (Phi) is 6.46. The van der Waals surface area contributed by atoms with Gasteiger partial charge >= 0.3 is 0 Å².